The summed E-state index contributed by atoms with van der Waals surface area (Å²) in [5.74, 6) is 0.534. The van der Waals surface area contributed by atoms with Gasteiger partial charge in [-0.2, -0.15) is 0 Å². The van der Waals surface area contributed by atoms with Crippen molar-refractivity contribution in [1.82, 2.24) is 10.3 Å². The van der Waals surface area contributed by atoms with Crippen LogP contribution >= 0.6 is 0 Å². The summed E-state index contributed by atoms with van der Waals surface area (Å²) in [6, 6.07) is 21.0. The molecule has 0 aliphatic rings. The summed E-state index contributed by atoms with van der Waals surface area (Å²) in [6.07, 6.45) is 5.02. The van der Waals surface area contributed by atoms with Gasteiger partial charge in [-0.3, -0.25) is 9.78 Å². The Bertz CT molecular complexity index is 882. The van der Waals surface area contributed by atoms with Crippen LogP contribution in [0.2, 0.25) is 0 Å². The maximum Gasteiger partial charge on any atom is 0.244 e. The minimum atomic E-state index is -0.316. The van der Waals surface area contributed by atoms with E-state index in [4.69, 9.17) is 4.74 Å². The summed E-state index contributed by atoms with van der Waals surface area (Å²) in [7, 11) is 1.62. The maximum atomic E-state index is 12.6. The second-order valence-corrected chi connectivity index (χ2v) is 6.19. The van der Waals surface area contributed by atoms with E-state index in [0.717, 1.165) is 28.1 Å². The van der Waals surface area contributed by atoms with Crippen molar-refractivity contribution in [2.45, 2.75) is 13.0 Å². The van der Waals surface area contributed by atoms with Crippen molar-refractivity contribution in [2.24, 2.45) is 0 Å². The van der Waals surface area contributed by atoms with Gasteiger partial charge in [0.25, 0.3) is 0 Å². The fraction of sp³-hybridized carbons (Fsp3) is 0.130. The van der Waals surface area contributed by atoms with E-state index in [1.807, 2.05) is 73.7 Å². The third-order valence-electron chi connectivity index (χ3n) is 4.20. The van der Waals surface area contributed by atoms with E-state index in [1.54, 1.807) is 19.4 Å². The van der Waals surface area contributed by atoms with E-state index in [-0.39, 0.29) is 11.9 Å². The third kappa shape index (κ3) is 4.82. The van der Waals surface area contributed by atoms with Gasteiger partial charge in [0.15, 0.2) is 0 Å². The highest BCUT2D eigenvalue weighted by Crippen LogP contribution is 2.22. The Morgan fingerprint density at radius 1 is 1.07 bits per heavy atom. The fourth-order valence-electron chi connectivity index (χ4n) is 2.86. The molecule has 4 heteroatoms. The lowest BCUT2D eigenvalue weighted by molar-refractivity contribution is -0.116. The van der Waals surface area contributed by atoms with Gasteiger partial charge in [-0.05, 0) is 42.8 Å². The van der Waals surface area contributed by atoms with Crippen LogP contribution in [-0.4, -0.2) is 18.0 Å². The molecule has 0 spiro atoms. The second-order valence-electron chi connectivity index (χ2n) is 6.19. The first-order valence-corrected chi connectivity index (χ1v) is 8.76. The van der Waals surface area contributed by atoms with Crippen LogP contribution in [0.15, 0.2) is 79.0 Å². The van der Waals surface area contributed by atoms with Crippen molar-refractivity contribution in [3.8, 4) is 5.75 Å². The second kappa shape index (κ2) is 8.81. The molecule has 1 unspecified atom stereocenters. The number of amides is 1. The number of hydrogen-bond acceptors (Lipinski definition) is 3. The summed E-state index contributed by atoms with van der Waals surface area (Å²) in [5, 5.41) is 3.04. The molecular formula is C23H22N2O2. The molecule has 0 fully saturated rings. The Balaban J connectivity index is 1.82. The smallest absolute Gasteiger partial charge is 0.244 e. The first kappa shape index (κ1) is 18.4. The Morgan fingerprint density at radius 3 is 2.56 bits per heavy atom. The number of aromatic nitrogens is 1. The topological polar surface area (TPSA) is 51.2 Å². The number of rotatable bonds is 6. The van der Waals surface area contributed by atoms with Gasteiger partial charge in [0.05, 0.1) is 18.8 Å². The Hall–Kier alpha value is -3.40. The molecule has 2 aromatic carbocycles. The average molecular weight is 358 g/mol. The largest absolute Gasteiger partial charge is 0.496 e. The van der Waals surface area contributed by atoms with Crippen molar-refractivity contribution in [3.05, 3.63) is 101 Å². The zero-order valence-electron chi connectivity index (χ0n) is 15.4. The van der Waals surface area contributed by atoms with Crippen LogP contribution in [0, 0.1) is 6.92 Å². The van der Waals surface area contributed by atoms with Crippen molar-refractivity contribution in [2.75, 3.05) is 7.11 Å². The minimum absolute atomic E-state index is 0.196. The lowest BCUT2D eigenvalue weighted by atomic mass is 10.0. The van der Waals surface area contributed by atoms with Crippen LogP contribution in [0.5, 0.6) is 5.75 Å². The first-order chi connectivity index (χ1) is 13.2. The molecule has 136 valence electrons. The van der Waals surface area contributed by atoms with E-state index in [2.05, 4.69) is 10.3 Å². The number of methoxy groups -OCH3 is 1. The highest BCUT2D eigenvalue weighted by molar-refractivity contribution is 5.92. The summed E-state index contributed by atoms with van der Waals surface area (Å²) < 4.78 is 5.36. The number of nitrogens with one attached hydrogen (secondary N) is 1. The van der Waals surface area contributed by atoms with Gasteiger partial charge in [-0.15, -0.1) is 0 Å². The van der Waals surface area contributed by atoms with Gasteiger partial charge >= 0.3 is 0 Å². The van der Waals surface area contributed by atoms with Crippen LogP contribution in [0.3, 0.4) is 0 Å². The SMILES string of the molecule is COc1ccc(C)cc1/C=C/C(=O)NC(c1ccccc1)c1ccccn1. The van der Waals surface area contributed by atoms with Gasteiger partial charge in [-0.1, -0.05) is 48.0 Å². The molecule has 3 rings (SSSR count). The summed E-state index contributed by atoms with van der Waals surface area (Å²) in [6.45, 7) is 2.00. The molecule has 1 atom stereocenters. The van der Waals surface area contributed by atoms with Crippen molar-refractivity contribution < 1.29 is 9.53 Å². The lowest BCUT2D eigenvalue weighted by Crippen LogP contribution is -2.28. The van der Waals surface area contributed by atoms with Crippen molar-refractivity contribution >= 4 is 12.0 Å². The highest BCUT2D eigenvalue weighted by Gasteiger charge is 2.16. The number of ether oxygens (including phenoxy) is 1. The van der Waals surface area contributed by atoms with Gasteiger partial charge < -0.3 is 10.1 Å². The number of nitrogens with zero attached hydrogens (tertiary/aromatic N) is 1. The van der Waals surface area contributed by atoms with Crippen LogP contribution < -0.4 is 10.1 Å². The Morgan fingerprint density at radius 2 is 1.85 bits per heavy atom. The summed E-state index contributed by atoms with van der Waals surface area (Å²) in [5.41, 5.74) is 3.73. The van der Waals surface area contributed by atoms with E-state index in [1.165, 1.54) is 6.08 Å². The van der Waals surface area contributed by atoms with Gasteiger partial charge in [0, 0.05) is 17.8 Å². The van der Waals surface area contributed by atoms with Gasteiger partial charge in [0.2, 0.25) is 5.91 Å². The molecule has 0 aliphatic carbocycles. The number of carbonyl (C=O) groups is 1. The van der Waals surface area contributed by atoms with Gasteiger partial charge in [0.1, 0.15) is 5.75 Å². The van der Waals surface area contributed by atoms with E-state index in [9.17, 15) is 4.79 Å². The quantitative estimate of drug-likeness (QED) is 0.668. The monoisotopic (exact) mass is 358 g/mol. The lowest BCUT2D eigenvalue weighted by Gasteiger charge is -2.18. The van der Waals surface area contributed by atoms with Crippen LogP contribution in [0.4, 0.5) is 0 Å². The molecule has 0 bridgehead atoms. The van der Waals surface area contributed by atoms with Gasteiger partial charge in [-0.25, -0.2) is 0 Å². The maximum absolute atomic E-state index is 12.6. The molecule has 1 amide bonds. The number of aryl methyl sites for hydroxylation is 1. The zero-order valence-corrected chi connectivity index (χ0v) is 15.4. The van der Waals surface area contributed by atoms with E-state index >= 15 is 0 Å². The number of benzene rings is 2. The predicted molar refractivity (Wildman–Crippen MR) is 107 cm³/mol. The molecule has 3 aromatic rings. The zero-order chi connectivity index (χ0) is 19.1. The Labute approximate surface area is 159 Å². The molecule has 0 radical (unpaired) electrons. The predicted octanol–water partition coefficient (Wildman–Crippen LogP) is 4.32. The molecular weight excluding hydrogens is 336 g/mol. The molecule has 1 heterocycles. The van der Waals surface area contributed by atoms with E-state index < -0.39 is 0 Å². The standard InChI is InChI=1S/C23H22N2O2/c1-17-11-13-21(27-2)19(16-17)12-14-22(26)25-23(18-8-4-3-5-9-18)20-10-6-7-15-24-20/h3-16,23H,1-2H3,(H,25,26)/b14-12+. The van der Waals surface area contributed by atoms with E-state index in [0.29, 0.717) is 0 Å². The molecule has 0 saturated heterocycles. The molecule has 1 aromatic heterocycles. The highest BCUT2D eigenvalue weighted by atomic mass is 16.5. The van der Waals surface area contributed by atoms with Crippen molar-refractivity contribution in [1.29, 1.82) is 0 Å². The van der Waals surface area contributed by atoms with Crippen LogP contribution in [0.1, 0.15) is 28.4 Å². The molecule has 0 aliphatic heterocycles. The molecule has 0 saturated carbocycles. The average Bonchev–Trinajstić information content (AvgIpc) is 2.72. The van der Waals surface area contributed by atoms with Crippen LogP contribution in [-0.2, 0) is 4.79 Å². The molecule has 4 nitrogen and oxygen atoms in total. The van der Waals surface area contributed by atoms with Crippen LogP contribution in [0.25, 0.3) is 6.08 Å². The summed E-state index contributed by atoms with van der Waals surface area (Å²) >= 11 is 0. The Kier molecular flexibility index (Phi) is 6.00. The van der Waals surface area contributed by atoms with Crippen molar-refractivity contribution in [3.63, 3.8) is 0 Å². The number of hydrogen-bond donors (Lipinski definition) is 1. The molecule has 1 N–H and O–H groups in total. The summed E-state index contributed by atoms with van der Waals surface area (Å²) in [4.78, 5) is 17.0. The minimum Gasteiger partial charge on any atom is -0.496 e. The fourth-order valence-corrected chi connectivity index (χ4v) is 2.86. The third-order valence-corrected chi connectivity index (χ3v) is 4.20. The molecule has 27 heavy (non-hydrogen) atoms. The normalized spacial score (nSPS) is 11.9. The number of pyridine rings is 1. The first-order valence-electron chi connectivity index (χ1n) is 8.76. The number of carbonyl (C=O) groups excluding carboxylic acids is 1.